The van der Waals surface area contributed by atoms with E-state index in [2.05, 4.69) is 21.1 Å². The molecule has 0 bridgehead atoms. The summed E-state index contributed by atoms with van der Waals surface area (Å²) in [6, 6.07) is 12.9. The third kappa shape index (κ3) is 2.67. The molecule has 0 aliphatic rings. The third-order valence-corrected chi connectivity index (χ3v) is 4.20. The molecule has 0 saturated carbocycles. The summed E-state index contributed by atoms with van der Waals surface area (Å²) in [5.41, 5.74) is 8.60. The molecule has 3 rings (SSSR count). The van der Waals surface area contributed by atoms with Gasteiger partial charge >= 0.3 is 0 Å². The summed E-state index contributed by atoms with van der Waals surface area (Å²) in [5, 5.41) is 5.17. The van der Waals surface area contributed by atoms with E-state index in [-0.39, 0.29) is 5.88 Å². The van der Waals surface area contributed by atoms with E-state index in [0.29, 0.717) is 21.3 Å². The number of benzene rings is 2. The zero-order valence-electron chi connectivity index (χ0n) is 10.6. The van der Waals surface area contributed by atoms with Crippen molar-refractivity contribution in [1.82, 2.24) is 5.16 Å². The Morgan fingerprint density at radius 1 is 1.00 bits per heavy atom. The molecule has 6 heteroatoms. The molecule has 1 aromatic heterocycles. The van der Waals surface area contributed by atoms with E-state index in [0.717, 1.165) is 15.6 Å². The molecule has 0 aliphatic carbocycles. The van der Waals surface area contributed by atoms with Gasteiger partial charge in [0.15, 0.2) is 0 Å². The van der Waals surface area contributed by atoms with Gasteiger partial charge in [-0.15, -0.1) is 0 Å². The molecule has 1 heterocycles. The number of hydrogen-bond donors (Lipinski definition) is 1. The first-order chi connectivity index (χ1) is 10.1. The van der Waals surface area contributed by atoms with Gasteiger partial charge in [-0.25, -0.2) is 0 Å². The molecule has 0 spiro atoms. The highest BCUT2D eigenvalue weighted by atomic mass is 79.9. The molecular formula is C15H9BrCl2N2O. The number of aromatic nitrogens is 1. The van der Waals surface area contributed by atoms with Crippen molar-refractivity contribution in [1.29, 1.82) is 0 Å². The highest BCUT2D eigenvalue weighted by molar-refractivity contribution is 9.10. The van der Waals surface area contributed by atoms with E-state index >= 15 is 0 Å². The van der Waals surface area contributed by atoms with Crippen LogP contribution in [0, 0.1) is 0 Å². The van der Waals surface area contributed by atoms with E-state index in [1.54, 1.807) is 12.1 Å². The predicted molar refractivity (Wildman–Crippen MR) is 89.5 cm³/mol. The topological polar surface area (TPSA) is 52.0 Å². The highest BCUT2D eigenvalue weighted by Crippen LogP contribution is 2.42. The minimum absolute atomic E-state index is 0.203. The van der Waals surface area contributed by atoms with Gasteiger partial charge < -0.3 is 10.3 Å². The van der Waals surface area contributed by atoms with Gasteiger partial charge in [0.1, 0.15) is 5.69 Å². The second-order valence-electron chi connectivity index (χ2n) is 4.37. The summed E-state index contributed by atoms with van der Waals surface area (Å²) < 4.78 is 6.03. The zero-order valence-corrected chi connectivity index (χ0v) is 13.7. The average molecular weight is 384 g/mol. The molecule has 21 heavy (non-hydrogen) atoms. The Hall–Kier alpha value is -1.49. The van der Waals surface area contributed by atoms with E-state index < -0.39 is 0 Å². The lowest BCUT2D eigenvalue weighted by Crippen LogP contribution is -1.89. The molecule has 0 radical (unpaired) electrons. The van der Waals surface area contributed by atoms with Crippen molar-refractivity contribution in [2.45, 2.75) is 0 Å². The molecule has 0 saturated heterocycles. The van der Waals surface area contributed by atoms with Crippen molar-refractivity contribution in [3.63, 3.8) is 0 Å². The number of anilines is 1. The van der Waals surface area contributed by atoms with Crippen LogP contribution in [-0.2, 0) is 0 Å². The van der Waals surface area contributed by atoms with E-state index in [4.69, 9.17) is 33.5 Å². The van der Waals surface area contributed by atoms with Crippen LogP contribution in [0.2, 0.25) is 10.0 Å². The van der Waals surface area contributed by atoms with Crippen LogP contribution in [0.15, 0.2) is 51.5 Å². The summed E-state index contributed by atoms with van der Waals surface area (Å²) >= 11 is 15.9. The second-order valence-corrected chi connectivity index (χ2v) is 6.10. The van der Waals surface area contributed by atoms with Crippen molar-refractivity contribution >= 4 is 45.0 Å². The van der Waals surface area contributed by atoms with Crippen LogP contribution < -0.4 is 5.73 Å². The summed E-state index contributed by atoms with van der Waals surface area (Å²) in [7, 11) is 0. The van der Waals surface area contributed by atoms with Gasteiger partial charge in [-0.1, -0.05) is 62.5 Å². The molecule has 0 fully saturated rings. The van der Waals surface area contributed by atoms with Gasteiger partial charge in [-0.2, -0.15) is 0 Å². The first-order valence-electron chi connectivity index (χ1n) is 6.03. The van der Waals surface area contributed by atoms with Crippen molar-refractivity contribution in [3.05, 3.63) is 57.0 Å². The maximum atomic E-state index is 6.26. The smallest absolute Gasteiger partial charge is 0.230 e. The largest absolute Gasteiger partial charge is 0.367 e. The van der Waals surface area contributed by atoms with Crippen LogP contribution in [0.25, 0.3) is 22.4 Å². The van der Waals surface area contributed by atoms with Crippen molar-refractivity contribution in [3.8, 4) is 22.4 Å². The first kappa shape index (κ1) is 14.4. The van der Waals surface area contributed by atoms with Gasteiger partial charge in [-0.05, 0) is 24.3 Å². The molecule has 2 aromatic carbocycles. The summed E-state index contributed by atoms with van der Waals surface area (Å²) in [4.78, 5) is 0. The fourth-order valence-corrected chi connectivity index (χ4v) is 2.89. The molecule has 0 unspecified atom stereocenters. The van der Waals surface area contributed by atoms with Crippen LogP contribution >= 0.6 is 39.1 Å². The normalized spacial score (nSPS) is 10.8. The number of halogens is 3. The SMILES string of the molecule is Nc1onc(-c2cc(Br)ccc2Cl)c1-c1ccccc1Cl. The molecule has 0 amide bonds. The Morgan fingerprint density at radius 2 is 1.71 bits per heavy atom. The first-order valence-corrected chi connectivity index (χ1v) is 7.58. The second kappa shape index (κ2) is 5.72. The Morgan fingerprint density at radius 3 is 2.48 bits per heavy atom. The van der Waals surface area contributed by atoms with Gasteiger partial charge in [0.05, 0.1) is 10.6 Å². The van der Waals surface area contributed by atoms with Crippen LogP contribution in [-0.4, -0.2) is 5.16 Å². The summed E-state index contributed by atoms with van der Waals surface area (Å²) in [5.74, 6) is 0.203. The molecule has 3 aromatic rings. The predicted octanol–water partition coefficient (Wildman–Crippen LogP) is 5.66. The van der Waals surface area contributed by atoms with E-state index in [9.17, 15) is 0 Å². The number of nitrogens with zero attached hydrogens (tertiary/aromatic N) is 1. The number of hydrogen-bond acceptors (Lipinski definition) is 3. The third-order valence-electron chi connectivity index (χ3n) is 3.05. The Bertz CT molecular complexity index is 817. The van der Waals surface area contributed by atoms with E-state index in [1.165, 1.54) is 0 Å². The molecular weight excluding hydrogens is 375 g/mol. The quantitative estimate of drug-likeness (QED) is 0.621. The molecule has 106 valence electrons. The minimum Gasteiger partial charge on any atom is -0.367 e. The standard InChI is InChI=1S/C15H9BrCl2N2O/c16-8-5-6-12(18)10(7-8)14-13(15(19)21-20-14)9-3-1-2-4-11(9)17/h1-7H,19H2. The van der Waals surface area contributed by atoms with Gasteiger partial charge in [0, 0.05) is 20.6 Å². The van der Waals surface area contributed by atoms with Gasteiger partial charge in [-0.3, -0.25) is 0 Å². The molecule has 0 aliphatic heterocycles. The lowest BCUT2D eigenvalue weighted by Gasteiger charge is -2.06. The number of nitrogen functional groups attached to an aromatic ring is 1. The monoisotopic (exact) mass is 382 g/mol. The fraction of sp³-hybridized carbons (Fsp3) is 0. The van der Waals surface area contributed by atoms with Gasteiger partial charge in [0.25, 0.3) is 0 Å². The molecule has 3 nitrogen and oxygen atoms in total. The van der Waals surface area contributed by atoms with Crippen LogP contribution in [0.3, 0.4) is 0 Å². The minimum atomic E-state index is 0.203. The molecule has 2 N–H and O–H groups in total. The summed E-state index contributed by atoms with van der Waals surface area (Å²) in [6.45, 7) is 0. The Labute approximate surface area is 139 Å². The number of nitrogens with two attached hydrogens (primary N) is 1. The Balaban J connectivity index is 2.27. The highest BCUT2D eigenvalue weighted by Gasteiger charge is 2.21. The van der Waals surface area contributed by atoms with Gasteiger partial charge in [0.2, 0.25) is 5.88 Å². The molecule has 0 atom stereocenters. The lowest BCUT2D eigenvalue weighted by atomic mass is 10.0. The summed E-state index contributed by atoms with van der Waals surface area (Å²) in [6.07, 6.45) is 0. The van der Waals surface area contributed by atoms with Crippen LogP contribution in [0.1, 0.15) is 0 Å². The Kier molecular flexibility index (Phi) is 3.93. The van der Waals surface area contributed by atoms with Crippen LogP contribution in [0.5, 0.6) is 0 Å². The fourth-order valence-electron chi connectivity index (χ4n) is 2.09. The maximum absolute atomic E-state index is 6.26. The average Bonchev–Trinajstić information content (AvgIpc) is 2.84. The lowest BCUT2D eigenvalue weighted by molar-refractivity contribution is 0.439. The number of rotatable bonds is 2. The maximum Gasteiger partial charge on any atom is 0.230 e. The van der Waals surface area contributed by atoms with E-state index in [1.807, 2.05) is 30.3 Å². The van der Waals surface area contributed by atoms with Crippen LogP contribution in [0.4, 0.5) is 5.88 Å². The van der Waals surface area contributed by atoms with Crippen molar-refractivity contribution in [2.75, 3.05) is 5.73 Å². The van der Waals surface area contributed by atoms with Crippen molar-refractivity contribution in [2.24, 2.45) is 0 Å². The zero-order chi connectivity index (χ0) is 15.0. The van der Waals surface area contributed by atoms with Crippen molar-refractivity contribution < 1.29 is 4.52 Å².